The van der Waals surface area contributed by atoms with E-state index in [2.05, 4.69) is 20.3 Å². The molecule has 27 heavy (non-hydrogen) atoms. The van der Waals surface area contributed by atoms with Crippen molar-refractivity contribution >= 4 is 29.0 Å². The SMILES string of the molecule is CC(C)(C)OC(=O)Cn1cnc2c(NC(=O)OC(C)(C)CC#N)ncnc21. The fourth-order valence-electron chi connectivity index (χ4n) is 2.20. The molecule has 0 aromatic carbocycles. The van der Waals surface area contributed by atoms with Crippen LogP contribution in [0.5, 0.6) is 0 Å². The van der Waals surface area contributed by atoms with Crippen LogP contribution in [-0.2, 0) is 20.8 Å². The van der Waals surface area contributed by atoms with E-state index in [1.807, 2.05) is 6.07 Å². The third-order valence-electron chi connectivity index (χ3n) is 3.21. The maximum atomic E-state index is 12.1. The Morgan fingerprint density at radius 1 is 1.19 bits per heavy atom. The molecule has 1 N–H and O–H groups in total. The van der Waals surface area contributed by atoms with Gasteiger partial charge in [-0.3, -0.25) is 10.1 Å². The Hall–Kier alpha value is -3.22. The fourth-order valence-corrected chi connectivity index (χ4v) is 2.20. The lowest BCUT2D eigenvalue weighted by molar-refractivity contribution is -0.155. The molecule has 0 aliphatic heterocycles. The predicted octanol–water partition coefficient (Wildman–Crippen LogP) is 2.41. The minimum Gasteiger partial charge on any atom is -0.459 e. The Bertz CT molecular complexity index is 891. The highest BCUT2D eigenvalue weighted by Crippen LogP contribution is 2.20. The Labute approximate surface area is 156 Å². The van der Waals surface area contributed by atoms with Crippen LogP contribution in [0, 0.1) is 11.3 Å². The zero-order valence-corrected chi connectivity index (χ0v) is 15.9. The summed E-state index contributed by atoms with van der Waals surface area (Å²) in [4.78, 5) is 36.4. The average molecular weight is 374 g/mol. The summed E-state index contributed by atoms with van der Waals surface area (Å²) in [6.07, 6.45) is 1.94. The van der Waals surface area contributed by atoms with E-state index in [1.165, 1.54) is 17.2 Å². The minimum absolute atomic E-state index is 0.0458. The second-order valence-electron chi connectivity index (χ2n) is 7.46. The van der Waals surface area contributed by atoms with Crippen LogP contribution in [0.15, 0.2) is 12.7 Å². The summed E-state index contributed by atoms with van der Waals surface area (Å²) in [5.41, 5.74) is -0.880. The normalized spacial score (nSPS) is 11.7. The number of amides is 1. The number of carbonyl (C=O) groups excluding carboxylic acids is 2. The number of aromatic nitrogens is 4. The highest BCUT2D eigenvalue weighted by molar-refractivity contribution is 5.93. The molecule has 2 rings (SSSR count). The molecule has 0 saturated carbocycles. The molecule has 144 valence electrons. The average Bonchev–Trinajstić information content (AvgIpc) is 2.88. The number of carbonyl (C=O) groups is 2. The zero-order chi connectivity index (χ0) is 20.2. The van der Waals surface area contributed by atoms with Crippen molar-refractivity contribution in [1.29, 1.82) is 5.26 Å². The van der Waals surface area contributed by atoms with E-state index in [0.717, 1.165) is 0 Å². The standard InChI is InChI=1S/C17H22N6O4/c1-16(2,3)26-11(24)8-23-10-21-12-13(19-9-20-14(12)23)22-15(25)27-17(4,5)6-7-18/h9-10H,6,8H2,1-5H3,(H,19,20,22,25). The second kappa shape index (κ2) is 7.57. The molecule has 0 spiro atoms. The van der Waals surface area contributed by atoms with Gasteiger partial charge in [0.25, 0.3) is 0 Å². The number of ether oxygens (including phenoxy) is 2. The molecule has 2 aromatic heterocycles. The summed E-state index contributed by atoms with van der Waals surface area (Å²) >= 11 is 0. The number of esters is 1. The fraction of sp³-hybridized carbons (Fsp3) is 0.529. The van der Waals surface area contributed by atoms with Crippen LogP contribution in [0.25, 0.3) is 11.2 Å². The quantitative estimate of drug-likeness (QED) is 0.789. The Kier molecular flexibility index (Phi) is 5.64. The van der Waals surface area contributed by atoms with E-state index in [9.17, 15) is 9.59 Å². The molecule has 0 aliphatic carbocycles. The molecule has 2 heterocycles. The van der Waals surface area contributed by atoms with Crippen molar-refractivity contribution in [3.63, 3.8) is 0 Å². The van der Waals surface area contributed by atoms with Gasteiger partial charge in [-0.05, 0) is 34.6 Å². The lowest BCUT2D eigenvalue weighted by Crippen LogP contribution is -2.30. The van der Waals surface area contributed by atoms with Crippen LogP contribution < -0.4 is 5.32 Å². The Morgan fingerprint density at radius 2 is 1.89 bits per heavy atom. The minimum atomic E-state index is -0.943. The first-order valence-electron chi connectivity index (χ1n) is 8.25. The zero-order valence-electron chi connectivity index (χ0n) is 15.9. The third kappa shape index (κ3) is 5.64. The molecule has 0 aliphatic rings. The molecule has 0 atom stereocenters. The predicted molar refractivity (Wildman–Crippen MR) is 95.6 cm³/mol. The van der Waals surface area contributed by atoms with Crippen LogP contribution in [0.4, 0.5) is 10.6 Å². The molecule has 0 fully saturated rings. The van der Waals surface area contributed by atoms with E-state index in [1.54, 1.807) is 34.6 Å². The van der Waals surface area contributed by atoms with E-state index >= 15 is 0 Å². The maximum Gasteiger partial charge on any atom is 0.413 e. The van der Waals surface area contributed by atoms with Gasteiger partial charge in [-0.25, -0.2) is 19.7 Å². The van der Waals surface area contributed by atoms with Gasteiger partial charge < -0.3 is 14.0 Å². The molecule has 2 aromatic rings. The third-order valence-corrected chi connectivity index (χ3v) is 3.21. The number of imidazole rings is 1. The van der Waals surface area contributed by atoms with Crippen molar-refractivity contribution in [2.75, 3.05) is 5.32 Å². The summed E-state index contributed by atoms with van der Waals surface area (Å²) in [6.45, 7) is 8.51. The van der Waals surface area contributed by atoms with Gasteiger partial charge in [-0.1, -0.05) is 0 Å². The molecule has 0 unspecified atom stereocenters. The number of anilines is 1. The molecule has 0 saturated heterocycles. The van der Waals surface area contributed by atoms with E-state index < -0.39 is 23.3 Å². The highest BCUT2D eigenvalue weighted by Gasteiger charge is 2.24. The van der Waals surface area contributed by atoms with Gasteiger partial charge in [0.15, 0.2) is 17.0 Å². The second-order valence-corrected chi connectivity index (χ2v) is 7.46. The van der Waals surface area contributed by atoms with Crippen LogP contribution in [-0.4, -0.2) is 42.8 Å². The summed E-state index contributed by atoms with van der Waals surface area (Å²) in [7, 11) is 0. The number of hydrogen-bond donors (Lipinski definition) is 1. The summed E-state index contributed by atoms with van der Waals surface area (Å²) in [5.74, 6) is -0.298. The van der Waals surface area contributed by atoms with Crippen molar-refractivity contribution < 1.29 is 19.1 Å². The summed E-state index contributed by atoms with van der Waals surface area (Å²) in [5, 5.41) is 11.2. The smallest absolute Gasteiger partial charge is 0.413 e. The van der Waals surface area contributed by atoms with Gasteiger partial charge >= 0.3 is 12.1 Å². The van der Waals surface area contributed by atoms with Gasteiger partial charge in [0.1, 0.15) is 24.1 Å². The van der Waals surface area contributed by atoms with Gasteiger partial charge in [-0.15, -0.1) is 0 Å². The first kappa shape index (κ1) is 20.1. The lowest BCUT2D eigenvalue weighted by Gasteiger charge is -2.21. The topological polar surface area (TPSA) is 132 Å². The molecule has 10 heteroatoms. The Morgan fingerprint density at radius 3 is 2.52 bits per heavy atom. The molecule has 0 radical (unpaired) electrons. The lowest BCUT2D eigenvalue weighted by atomic mass is 10.1. The first-order chi connectivity index (χ1) is 12.5. The number of nitriles is 1. The highest BCUT2D eigenvalue weighted by atomic mass is 16.6. The van der Waals surface area contributed by atoms with Crippen LogP contribution in [0.3, 0.4) is 0 Å². The van der Waals surface area contributed by atoms with E-state index in [4.69, 9.17) is 14.7 Å². The van der Waals surface area contributed by atoms with Gasteiger partial charge in [0.05, 0.1) is 18.8 Å². The van der Waals surface area contributed by atoms with Crippen molar-refractivity contribution in [2.24, 2.45) is 0 Å². The van der Waals surface area contributed by atoms with Crippen LogP contribution >= 0.6 is 0 Å². The van der Waals surface area contributed by atoms with Crippen molar-refractivity contribution in [2.45, 2.75) is 58.8 Å². The van der Waals surface area contributed by atoms with Crippen LogP contribution in [0.1, 0.15) is 41.0 Å². The monoisotopic (exact) mass is 374 g/mol. The van der Waals surface area contributed by atoms with Gasteiger partial charge in [-0.2, -0.15) is 5.26 Å². The largest absolute Gasteiger partial charge is 0.459 e. The number of nitrogens with zero attached hydrogens (tertiary/aromatic N) is 5. The Balaban J connectivity index is 2.17. The van der Waals surface area contributed by atoms with E-state index in [0.29, 0.717) is 11.2 Å². The molecular formula is C17H22N6O4. The molecular weight excluding hydrogens is 352 g/mol. The van der Waals surface area contributed by atoms with E-state index in [-0.39, 0.29) is 18.8 Å². The van der Waals surface area contributed by atoms with Crippen LogP contribution in [0.2, 0.25) is 0 Å². The van der Waals surface area contributed by atoms with Crippen molar-refractivity contribution in [3.8, 4) is 6.07 Å². The summed E-state index contributed by atoms with van der Waals surface area (Å²) < 4.78 is 12.0. The van der Waals surface area contributed by atoms with Gasteiger partial charge in [0.2, 0.25) is 0 Å². The van der Waals surface area contributed by atoms with Crippen molar-refractivity contribution in [1.82, 2.24) is 19.5 Å². The number of nitrogens with one attached hydrogen (secondary N) is 1. The van der Waals surface area contributed by atoms with Gasteiger partial charge in [0, 0.05) is 0 Å². The number of hydrogen-bond acceptors (Lipinski definition) is 8. The number of rotatable bonds is 5. The number of fused-ring (bicyclic) bond motifs is 1. The molecule has 1 amide bonds. The summed E-state index contributed by atoms with van der Waals surface area (Å²) in [6, 6.07) is 1.95. The maximum absolute atomic E-state index is 12.1. The van der Waals surface area contributed by atoms with Crippen molar-refractivity contribution in [3.05, 3.63) is 12.7 Å². The molecule has 10 nitrogen and oxygen atoms in total. The molecule has 0 bridgehead atoms. The first-order valence-corrected chi connectivity index (χ1v) is 8.25.